The Morgan fingerprint density at radius 1 is 1.48 bits per heavy atom. The molecule has 1 atom stereocenters. The molecule has 1 N–H and O–H groups in total. The summed E-state index contributed by atoms with van der Waals surface area (Å²) in [5.74, 6) is -0.871. The van der Waals surface area contributed by atoms with E-state index in [9.17, 15) is 4.79 Å². The third-order valence-corrected chi connectivity index (χ3v) is 5.75. The lowest BCUT2D eigenvalue weighted by Crippen LogP contribution is -2.26. The van der Waals surface area contributed by atoms with Crippen LogP contribution in [0.15, 0.2) is 24.3 Å². The van der Waals surface area contributed by atoms with Gasteiger partial charge in [0.25, 0.3) is 0 Å². The Morgan fingerprint density at radius 3 is 3.04 bits per heavy atom. The Labute approximate surface area is 140 Å². The highest BCUT2D eigenvalue weighted by Crippen LogP contribution is 2.38. The van der Waals surface area contributed by atoms with Crippen molar-refractivity contribution >= 4 is 17.3 Å². The Balaban J connectivity index is 1.79. The zero-order chi connectivity index (χ0) is 16.4. The highest BCUT2D eigenvalue weighted by atomic mass is 32.1. The van der Waals surface area contributed by atoms with Gasteiger partial charge >= 0.3 is 5.97 Å². The number of carboxylic acid groups (broad SMARTS) is 1. The van der Waals surface area contributed by atoms with Crippen molar-refractivity contribution in [2.45, 2.75) is 45.2 Å². The fraction of sp³-hybridized carbons (Fsp3) is 0.444. The first-order chi connectivity index (χ1) is 11.1. The Bertz CT molecular complexity index is 711. The number of aromatic carboxylic acids is 1. The Hall–Kier alpha value is -1.72. The fourth-order valence-corrected chi connectivity index (χ4v) is 4.47. The largest absolute Gasteiger partial charge is 0.478 e. The van der Waals surface area contributed by atoms with Crippen molar-refractivity contribution in [2.24, 2.45) is 0 Å². The highest BCUT2D eigenvalue weighted by molar-refractivity contribution is 7.11. The minimum atomic E-state index is -0.871. The van der Waals surface area contributed by atoms with Gasteiger partial charge in [0.05, 0.1) is 16.3 Å². The van der Waals surface area contributed by atoms with E-state index in [0.717, 1.165) is 31.4 Å². The van der Waals surface area contributed by atoms with Crippen LogP contribution in [-0.4, -0.2) is 28.0 Å². The number of fused-ring (bicyclic) bond motifs is 1. The second kappa shape index (κ2) is 6.81. The molecule has 0 saturated heterocycles. The monoisotopic (exact) mass is 330 g/mol. The van der Waals surface area contributed by atoms with Gasteiger partial charge in [0.15, 0.2) is 0 Å². The quantitative estimate of drug-likeness (QED) is 0.903. The predicted molar refractivity (Wildman–Crippen MR) is 92.0 cm³/mol. The minimum absolute atomic E-state index is 0.353. The molecule has 3 rings (SSSR count). The molecule has 122 valence electrons. The molecule has 0 saturated carbocycles. The number of nitrogens with zero attached hydrogens (tertiary/aromatic N) is 2. The molecule has 0 radical (unpaired) electrons. The van der Waals surface area contributed by atoms with E-state index < -0.39 is 5.97 Å². The summed E-state index contributed by atoms with van der Waals surface area (Å²) in [6, 6.07) is 7.62. The molecule has 1 unspecified atom stereocenters. The molecule has 4 nitrogen and oxygen atoms in total. The predicted octanol–water partition coefficient (Wildman–Crippen LogP) is 3.91. The third-order valence-electron chi connectivity index (χ3n) is 4.41. The fourth-order valence-electron chi connectivity index (χ4n) is 3.22. The number of hydrogen-bond donors (Lipinski definition) is 1. The molecule has 1 aromatic carbocycles. The summed E-state index contributed by atoms with van der Waals surface area (Å²) >= 11 is 1.84. The van der Waals surface area contributed by atoms with Crippen LogP contribution in [0.3, 0.4) is 0 Å². The van der Waals surface area contributed by atoms with Gasteiger partial charge in [0.2, 0.25) is 0 Å². The number of aromatic nitrogens is 1. The van der Waals surface area contributed by atoms with Gasteiger partial charge in [-0.3, -0.25) is 4.90 Å². The third kappa shape index (κ3) is 3.46. The molecule has 5 heteroatoms. The molecule has 1 aromatic heterocycles. The first-order valence-electron chi connectivity index (χ1n) is 8.09. The summed E-state index contributed by atoms with van der Waals surface area (Å²) < 4.78 is 0. The van der Waals surface area contributed by atoms with E-state index in [1.54, 1.807) is 12.1 Å². The number of aryl methyl sites for hydroxylation is 2. The lowest BCUT2D eigenvalue weighted by Gasteiger charge is -2.30. The van der Waals surface area contributed by atoms with Gasteiger partial charge < -0.3 is 5.11 Å². The molecule has 0 bridgehead atoms. The molecule has 1 aliphatic rings. The standard InChI is InChI=1S/C18H22N2O2S/c1-3-16-19-14-8-5-9-15(17(14)23-16)20(2)11-12-6-4-7-13(10-12)18(21)22/h4,6-7,10,15H,3,5,8-9,11H2,1-2H3,(H,21,22). The first kappa shape index (κ1) is 16.1. The van der Waals surface area contributed by atoms with Crippen LogP contribution < -0.4 is 0 Å². The second-order valence-electron chi connectivity index (χ2n) is 6.10. The maximum atomic E-state index is 11.1. The van der Waals surface area contributed by atoms with Crippen molar-refractivity contribution in [1.29, 1.82) is 0 Å². The average molecular weight is 330 g/mol. The van der Waals surface area contributed by atoms with E-state index in [2.05, 4.69) is 18.9 Å². The van der Waals surface area contributed by atoms with Crippen molar-refractivity contribution in [3.63, 3.8) is 0 Å². The van der Waals surface area contributed by atoms with E-state index in [-0.39, 0.29) is 0 Å². The van der Waals surface area contributed by atoms with E-state index >= 15 is 0 Å². The van der Waals surface area contributed by atoms with Crippen LogP contribution in [0.5, 0.6) is 0 Å². The number of thiazole rings is 1. The van der Waals surface area contributed by atoms with Gasteiger partial charge in [-0.2, -0.15) is 0 Å². The molecule has 0 spiro atoms. The summed E-state index contributed by atoms with van der Waals surface area (Å²) in [6.45, 7) is 2.91. The zero-order valence-corrected chi connectivity index (χ0v) is 14.4. The maximum absolute atomic E-state index is 11.1. The van der Waals surface area contributed by atoms with E-state index in [1.165, 1.54) is 22.0 Å². The normalized spacial score (nSPS) is 17.3. The number of benzene rings is 1. The number of rotatable bonds is 5. The van der Waals surface area contributed by atoms with Gasteiger partial charge in [0.1, 0.15) is 0 Å². The van der Waals surface area contributed by atoms with Gasteiger partial charge in [-0.15, -0.1) is 11.3 Å². The van der Waals surface area contributed by atoms with Crippen LogP contribution in [0.2, 0.25) is 0 Å². The lowest BCUT2D eigenvalue weighted by atomic mass is 9.96. The van der Waals surface area contributed by atoms with Crippen molar-refractivity contribution in [2.75, 3.05) is 7.05 Å². The molecule has 0 aliphatic heterocycles. The highest BCUT2D eigenvalue weighted by Gasteiger charge is 2.27. The number of carbonyl (C=O) groups is 1. The van der Waals surface area contributed by atoms with Crippen LogP contribution in [0, 0.1) is 0 Å². The van der Waals surface area contributed by atoms with Crippen LogP contribution in [0.1, 0.15) is 57.3 Å². The summed E-state index contributed by atoms with van der Waals surface area (Å²) in [5, 5.41) is 10.4. The molecule has 2 aromatic rings. The maximum Gasteiger partial charge on any atom is 0.335 e. The van der Waals surface area contributed by atoms with Crippen LogP contribution in [0.4, 0.5) is 0 Å². The zero-order valence-electron chi connectivity index (χ0n) is 13.6. The topological polar surface area (TPSA) is 53.4 Å². The van der Waals surface area contributed by atoms with E-state index in [1.807, 2.05) is 23.5 Å². The summed E-state index contributed by atoms with van der Waals surface area (Å²) in [5.41, 5.74) is 2.67. The lowest BCUT2D eigenvalue weighted by molar-refractivity contribution is 0.0696. The summed E-state index contributed by atoms with van der Waals surface area (Å²) in [7, 11) is 2.12. The van der Waals surface area contributed by atoms with Gasteiger partial charge in [-0.1, -0.05) is 19.1 Å². The molecule has 23 heavy (non-hydrogen) atoms. The molecular weight excluding hydrogens is 308 g/mol. The van der Waals surface area contributed by atoms with E-state index in [0.29, 0.717) is 11.6 Å². The number of hydrogen-bond acceptors (Lipinski definition) is 4. The van der Waals surface area contributed by atoms with E-state index in [4.69, 9.17) is 10.1 Å². The van der Waals surface area contributed by atoms with Crippen molar-refractivity contribution < 1.29 is 9.90 Å². The van der Waals surface area contributed by atoms with Gasteiger partial charge in [-0.05, 0) is 50.4 Å². The molecular formula is C18H22N2O2S. The van der Waals surface area contributed by atoms with Crippen LogP contribution in [-0.2, 0) is 19.4 Å². The van der Waals surface area contributed by atoms with Crippen LogP contribution in [0.25, 0.3) is 0 Å². The SMILES string of the molecule is CCc1nc2c(s1)C(N(C)Cc1cccc(C(=O)O)c1)CCC2. The van der Waals surface area contributed by atoms with Crippen molar-refractivity contribution in [3.05, 3.63) is 51.0 Å². The average Bonchev–Trinajstić information content (AvgIpc) is 2.98. The summed E-state index contributed by atoms with van der Waals surface area (Å²) in [6.07, 6.45) is 4.40. The molecule has 0 amide bonds. The Morgan fingerprint density at radius 2 is 2.30 bits per heavy atom. The smallest absolute Gasteiger partial charge is 0.335 e. The van der Waals surface area contributed by atoms with Crippen LogP contribution >= 0.6 is 11.3 Å². The Kier molecular flexibility index (Phi) is 4.78. The van der Waals surface area contributed by atoms with Gasteiger partial charge in [0, 0.05) is 17.5 Å². The number of carboxylic acids is 1. The van der Waals surface area contributed by atoms with Crippen molar-refractivity contribution in [3.8, 4) is 0 Å². The first-order valence-corrected chi connectivity index (χ1v) is 8.91. The van der Waals surface area contributed by atoms with Gasteiger partial charge in [-0.25, -0.2) is 9.78 Å². The molecule has 0 fully saturated rings. The van der Waals surface area contributed by atoms with Crippen molar-refractivity contribution in [1.82, 2.24) is 9.88 Å². The molecule has 1 heterocycles. The minimum Gasteiger partial charge on any atom is -0.478 e. The summed E-state index contributed by atoms with van der Waals surface area (Å²) in [4.78, 5) is 19.6. The molecule has 1 aliphatic carbocycles. The second-order valence-corrected chi connectivity index (χ2v) is 7.22.